The largest absolute Gasteiger partial charge is 0.382 e. The van der Waals surface area contributed by atoms with Crippen LogP contribution in [0.3, 0.4) is 0 Å². The molecule has 3 heterocycles. The van der Waals surface area contributed by atoms with Crippen molar-refractivity contribution in [3.63, 3.8) is 0 Å². The predicted molar refractivity (Wildman–Crippen MR) is 74.6 cm³/mol. The highest BCUT2D eigenvalue weighted by atomic mass is 16.5. The van der Waals surface area contributed by atoms with Gasteiger partial charge in [-0.2, -0.15) is 4.98 Å². The molecule has 2 aliphatic rings. The first-order valence-electron chi connectivity index (χ1n) is 7.34. The van der Waals surface area contributed by atoms with Crippen molar-refractivity contribution in [2.45, 2.75) is 25.5 Å². The number of anilines is 1. The van der Waals surface area contributed by atoms with Crippen LogP contribution < -0.4 is 10.2 Å². The Balaban J connectivity index is 1.58. The minimum absolute atomic E-state index is 0.455. The number of aromatic nitrogens is 3. The Labute approximate surface area is 119 Å². The third-order valence-electron chi connectivity index (χ3n) is 4.13. The van der Waals surface area contributed by atoms with Gasteiger partial charge in [0, 0.05) is 32.8 Å². The SMILES string of the molecule is COCCOCc1nc(N2CCCC3CNCC32)n[nH]1. The van der Waals surface area contributed by atoms with Crippen LogP contribution in [0.15, 0.2) is 0 Å². The van der Waals surface area contributed by atoms with Crippen molar-refractivity contribution in [2.24, 2.45) is 5.92 Å². The highest BCUT2D eigenvalue weighted by Crippen LogP contribution is 2.28. The third kappa shape index (κ3) is 2.94. The molecule has 2 aliphatic heterocycles. The van der Waals surface area contributed by atoms with Crippen LogP contribution in [0, 0.1) is 5.92 Å². The van der Waals surface area contributed by atoms with E-state index in [9.17, 15) is 0 Å². The second-order valence-electron chi connectivity index (χ2n) is 5.45. The number of hydrogen-bond donors (Lipinski definition) is 2. The third-order valence-corrected chi connectivity index (χ3v) is 4.13. The van der Waals surface area contributed by atoms with Gasteiger partial charge in [0.2, 0.25) is 5.95 Å². The smallest absolute Gasteiger partial charge is 0.245 e. The Bertz CT molecular complexity index is 425. The number of rotatable bonds is 6. The minimum Gasteiger partial charge on any atom is -0.382 e. The first-order valence-corrected chi connectivity index (χ1v) is 7.34. The van der Waals surface area contributed by atoms with Crippen LogP contribution in [-0.2, 0) is 16.1 Å². The van der Waals surface area contributed by atoms with Crippen molar-refractivity contribution in [3.8, 4) is 0 Å². The Morgan fingerprint density at radius 1 is 1.35 bits per heavy atom. The summed E-state index contributed by atoms with van der Waals surface area (Å²) in [6.45, 7) is 4.84. The molecule has 0 amide bonds. The maximum absolute atomic E-state index is 5.46. The fourth-order valence-electron chi connectivity index (χ4n) is 3.11. The van der Waals surface area contributed by atoms with Gasteiger partial charge in [-0.1, -0.05) is 0 Å². The van der Waals surface area contributed by atoms with Crippen molar-refractivity contribution in [2.75, 3.05) is 44.9 Å². The van der Waals surface area contributed by atoms with Crippen molar-refractivity contribution in [1.82, 2.24) is 20.5 Å². The van der Waals surface area contributed by atoms with Crippen LogP contribution >= 0.6 is 0 Å². The van der Waals surface area contributed by atoms with E-state index in [1.54, 1.807) is 7.11 Å². The molecule has 2 unspecified atom stereocenters. The maximum Gasteiger partial charge on any atom is 0.245 e. The summed E-state index contributed by atoms with van der Waals surface area (Å²) in [7, 11) is 1.67. The van der Waals surface area contributed by atoms with E-state index < -0.39 is 0 Å². The van der Waals surface area contributed by atoms with Gasteiger partial charge in [0.1, 0.15) is 6.61 Å². The lowest BCUT2D eigenvalue weighted by molar-refractivity contribution is 0.0587. The molecule has 7 nitrogen and oxygen atoms in total. The number of nitrogens with zero attached hydrogens (tertiary/aromatic N) is 3. The topological polar surface area (TPSA) is 75.3 Å². The van der Waals surface area contributed by atoms with Crippen LogP contribution in [0.4, 0.5) is 5.95 Å². The van der Waals surface area contributed by atoms with E-state index in [-0.39, 0.29) is 0 Å². The van der Waals surface area contributed by atoms with Gasteiger partial charge in [0.25, 0.3) is 0 Å². The van der Waals surface area contributed by atoms with Crippen LogP contribution in [0.2, 0.25) is 0 Å². The van der Waals surface area contributed by atoms with Gasteiger partial charge >= 0.3 is 0 Å². The summed E-state index contributed by atoms with van der Waals surface area (Å²) in [4.78, 5) is 6.89. The minimum atomic E-state index is 0.455. The molecule has 7 heteroatoms. The molecular formula is C13H23N5O2. The van der Waals surface area contributed by atoms with Gasteiger partial charge in [-0.25, -0.2) is 0 Å². The van der Waals surface area contributed by atoms with Crippen LogP contribution in [0.5, 0.6) is 0 Å². The molecule has 20 heavy (non-hydrogen) atoms. The fourth-order valence-corrected chi connectivity index (χ4v) is 3.11. The van der Waals surface area contributed by atoms with E-state index in [0.29, 0.717) is 25.9 Å². The number of fused-ring (bicyclic) bond motifs is 1. The summed E-state index contributed by atoms with van der Waals surface area (Å²) < 4.78 is 10.4. The quantitative estimate of drug-likeness (QED) is 0.723. The standard InChI is InChI=1S/C13H23N5O2/c1-19-5-6-20-9-12-15-13(17-16-12)18-4-2-3-10-7-14-8-11(10)18/h10-11,14H,2-9H2,1H3,(H,15,16,17). The van der Waals surface area contributed by atoms with Crippen molar-refractivity contribution >= 4 is 5.95 Å². The average Bonchev–Trinajstić information content (AvgIpc) is 3.12. The van der Waals surface area contributed by atoms with Crippen LogP contribution in [-0.4, -0.2) is 61.2 Å². The Morgan fingerprint density at radius 3 is 3.20 bits per heavy atom. The van der Waals surface area contributed by atoms with E-state index in [4.69, 9.17) is 9.47 Å². The predicted octanol–water partition coefficient (Wildman–Crippen LogP) is 0.156. The Hall–Kier alpha value is -1.18. The van der Waals surface area contributed by atoms with E-state index in [1.807, 2.05) is 0 Å². The number of H-pyrrole nitrogens is 1. The molecule has 1 aromatic rings. The molecular weight excluding hydrogens is 258 g/mol. The van der Waals surface area contributed by atoms with E-state index in [0.717, 1.165) is 37.3 Å². The highest BCUT2D eigenvalue weighted by Gasteiger charge is 2.36. The number of hydrogen-bond acceptors (Lipinski definition) is 6. The lowest BCUT2D eigenvalue weighted by Gasteiger charge is -2.36. The zero-order valence-electron chi connectivity index (χ0n) is 12.0. The van der Waals surface area contributed by atoms with Gasteiger partial charge in [0.05, 0.1) is 13.2 Å². The lowest BCUT2D eigenvalue weighted by Crippen LogP contribution is -2.45. The Kier molecular flexibility index (Phi) is 4.49. The summed E-state index contributed by atoms with van der Waals surface area (Å²) >= 11 is 0. The summed E-state index contributed by atoms with van der Waals surface area (Å²) in [5.74, 6) is 2.33. The second kappa shape index (κ2) is 6.51. The van der Waals surface area contributed by atoms with Gasteiger partial charge in [-0.3, -0.25) is 5.10 Å². The Morgan fingerprint density at radius 2 is 2.30 bits per heavy atom. The molecule has 0 aliphatic carbocycles. The zero-order chi connectivity index (χ0) is 13.8. The lowest BCUT2D eigenvalue weighted by atomic mass is 9.92. The monoisotopic (exact) mass is 281 g/mol. The van der Waals surface area contributed by atoms with Crippen LogP contribution in [0.1, 0.15) is 18.7 Å². The van der Waals surface area contributed by atoms with Gasteiger partial charge in [-0.15, -0.1) is 5.10 Å². The molecule has 2 fully saturated rings. The zero-order valence-corrected chi connectivity index (χ0v) is 12.0. The van der Waals surface area contributed by atoms with Gasteiger partial charge in [0.15, 0.2) is 5.82 Å². The number of piperidine rings is 1. The molecule has 2 atom stereocenters. The fraction of sp³-hybridized carbons (Fsp3) is 0.846. The average molecular weight is 281 g/mol. The first-order chi connectivity index (χ1) is 9.88. The van der Waals surface area contributed by atoms with E-state index in [2.05, 4.69) is 25.4 Å². The molecule has 0 saturated carbocycles. The van der Waals surface area contributed by atoms with Crippen molar-refractivity contribution in [3.05, 3.63) is 5.82 Å². The van der Waals surface area contributed by atoms with E-state index >= 15 is 0 Å². The number of ether oxygens (including phenoxy) is 2. The number of nitrogens with one attached hydrogen (secondary N) is 2. The molecule has 0 radical (unpaired) electrons. The summed E-state index contributed by atoms with van der Waals surface area (Å²) in [5, 5.41) is 10.8. The first kappa shape index (κ1) is 13.8. The van der Waals surface area contributed by atoms with Crippen molar-refractivity contribution < 1.29 is 9.47 Å². The summed E-state index contributed by atoms with van der Waals surface area (Å²) in [5.41, 5.74) is 0. The molecule has 0 spiro atoms. The summed E-state index contributed by atoms with van der Waals surface area (Å²) in [6.07, 6.45) is 2.53. The van der Waals surface area contributed by atoms with Crippen molar-refractivity contribution in [1.29, 1.82) is 0 Å². The van der Waals surface area contributed by atoms with Crippen LogP contribution in [0.25, 0.3) is 0 Å². The molecule has 2 saturated heterocycles. The molecule has 112 valence electrons. The highest BCUT2D eigenvalue weighted by molar-refractivity contribution is 5.33. The second-order valence-corrected chi connectivity index (χ2v) is 5.45. The summed E-state index contributed by atoms with van der Waals surface area (Å²) in [6, 6.07) is 0.543. The number of methoxy groups -OCH3 is 1. The maximum atomic E-state index is 5.46. The molecule has 0 bridgehead atoms. The molecule has 3 rings (SSSR count). The van der Waals surface area contributed by atoms with E-state index in [1.165, 1.54) is 12.8 Å². The number of aromatic amines is 1. The van der Waals surface area contributed by atoms with Gasteiger partial charge in [-0.05, 0) is 18.8 Å². The molecule has 0 aromatic carbocycles. The molecule has 2 N–H and O–H groups in total. The molecule has 1 aromatic heterocycles. The normalized spacial score (nSPS) is 25.9. The van der Waals surface area contributed by atoms with Gasteiger partial charge < -0.3 is 19.7 Å².